The van der Waals surface area contributed by atoms with Gasteiger partial charge in [-0.2, -0.15) is 0 Å². The van der Waals surface area contributed by atoms with Crippen molar-refractivity contribution in [3.63, 3.8) is 0 Å². The maximum atomic E-state index is 12.0. The minimum atomic E-state index is 0. The largest absolute Gasteiger partial charge is 0.370 e. The summed E-state index contributed by atoms with van der Waals surface area (Å²) < 4.78 is 0. The fourth-order valence-electron chi connectivity index (χ4n) is 2.37. The number of likely N-dealkylation sites (tertiary alicyclic amines) is 1. The van der Waals surface area contributed by atoms with E-state index in [2.05, 4.69) is 17.2 Å². The summed E-state index contributed by atoms with van der Waals surface area (Å²) in [5.74, 6) is 0.696. The van der Waals surface area contributed by atoms with Crippen LogP contribution in [0.15, 0.2) is 4.99 Å². The van der Waals surface area contributed by atoms with Gasteiger partial charge in [0.1, 0.15) is 0 Å². The van der Waals surface area contributed by atoms with Gasteiger partial charge >= 0.3 is 0 Å². The number of guanidine groups is 1. The molecule has 1 aliphatic carbocycles. The van der Waals surface area contributed by atoms with Crippen LogP contribution >= 0.6 is 24.0 Å². The summed E-state index contributed by atoms with van der Waals surface area (Å²) in [6.45, 7) is 3.52. The van der Waals surface area contributed by atoms with E-state index in [1.165, 1.54) is 19.3 Å². The van der Waals surface area contributed by atoms with Gasteiger partial charge in [0.25, 0.3) is 0 Å². The Balaban J connectivity index is 0.00000180. The molecular weight excluding hydrogens is 355 g/mol. The van der Waals surface area contributed by atoms with Crippen molar-refractivity contribution >= 4 is 35.8 Å². The SMILES string of the molecule is CC1CCCCN1C(=O)CCN=C(N)NC1CC1.I. The highest BCUT2D eigenvalue weighted by atomic mass is 127. The number of amides is 1. The smallest absolute Gasteiger partial charge is 0.224 e. The molecule has 0 aromatic carbocycles. The minimum Gasteiger partial charge on any atom is -0.370 e. The van der Waals surface area contributed by atoms with Gasteiger partial charge in [0.2, 0.25) is 5.91 Å². The minimum absolute atomic E-state index is 0. The van der Waals surface area contributed by atoms with Crippen LogP contribution in [0.4, 0.5) is 0 Å². The Morgan fingerprint density at radius 3 is 2.74 bits per heavy atom. The molecule has 2 aliphatic rings. The number of rotatable bonds is 4. The van der Waals surface area contributed by atoms with Gasteiger partial charge in [-0.05, 0) is 39.0 Å². The lowest BCUT2D eigenvalue weighted by atomic mass is 10.0. The van der Waals surface area contributed by atoms with Crippen molar-refractivity contribution in [3.05, 3.63) is 0 Å². The normalized spacial score (nSPS) is 23.7. The number of carbonyl (C=O) groups excluding carboxylic acids is 1. The zero-order chi connectivity index (χ0) is 13.0. The molecule has 0 aromatic heterocycles. The molecule has 110 valence electrons. The van der Waals surface area contributed by atoms with Crippen molar-refractivity contribution in [1.82, 2.24) is 10.2 Å². The Morgan fingerprint density at radius 1 is 1.37 bits per heavy atom. The Kier molecular flexibility index (Phi) is 6.88. The zero-order valence-corrected chi connectivity index (χ0v) is 13.9. The van der Waals surface area contributed by atoms with E-state index in [1.54, 1.807) is 0 Å². The molecular formula is C13H25IN4O. The van der Waals surface area contributed by atoms with Gasteiger partial charge in [-0.15, -0.1) is 24.0 Å². The number of nitrogens with one attached hydrogen (secondary N) is 1. The van der Waals surface area contributed by atoms with Gasteiger partial charge in [0, 0.05) is 25.0 Å². The lowest BCUT2D eigenvalue weighted by Gasteiger charge is -2.33. The Hall–Kier alpha value is -0.530. The molecule has 1 amide bonds. The third-order valence-electron chi connectivity index (χ3n) is 3.66. The number of halogens is 1. The van der Waals surface area contributed by atoms with Gasteiger partial charge in [0.15, 0.2) is 5.96 Å². The second-order valence-corrected chi connectivity index (χ2v) is 5.37. The van der Waals surface area contributed by atoms with Crippen LogP contribution in [0.3, 0.4) is 0 Å². The molecule has 3 N–H and O–H groups in total. The topological polar surface area (TPSA) is 70.7 Å². The molecule has 2 fully saturated rings. The van der Waals surface area contributed by atoms with Crippen LogP contribution in [-0.4, -0.2) is 41.9 Å². The van der Waals surface area contributed by atoms with Crippen molar-refractivity contribution in [2.75, 3.05) is 13.1 Å². The molecule has 6 heteroatoms. The van der Waals surface area contributed by atoms with Crippen LogP contribution in [0.1, 0.15) is 45.4 Å². The third-order valence-corrected chi connectivity index (χ3v) is 3.66. The molecule has 1 atom stereocenters. The summed E-state index contributed by atoms with van der Waals surface area (Å²) >= 11 is 0. The Morgan fingerprint density at radius 2 is 2.11 bits per heavy atom. The summed E-state index contributed by atoms with van der Waals surface area (Å²) in [5.41, 5.74) is 5.72. The second kappa shape index (κ2) is 7.91. The Labute approximate surface area is 132 Å². The average Bonchev–Trinajstić information content (AvgIpc) is 3.13. The number of nitrogens with two attached hydrogens (primary N) is 1. The van der Waals surface area contributed by atoms with Crippen molar-refractivity contribution in [3.8, 4) is 0 Å². The number of hydrogen-bond acceptors (Lipinski definition) is 2. The van der Waals surface area contributed by atoms with Crippen LogP contribution in [0, 0.1) is 0 Å². The first kappa shape index (κ1) is 16.5. The predicted octanol–water partition coefficient (Wildman–Crippen LogP) is 1.46. The number of carbonyl (C=O) groups is 1. The van der Waals surface area contributed by atoms with Gasteiger partial charge in [-0.3, -0.25) is 9.79 Å². The van der Waals surface area contributed by atoms with Crippen molar-refractivity contribution < 1.29 is 4.79 Å². The number of nitrogens with zero attached hydrogens (tertiary/aromatic N) is 2. The molecule has 1 saturated heterocycles. The monoisotopic (exact) mass is 380 g/mol. The summed E-state index contributed by atoms with van der Waals surface area (Å²) in [7, 11) is 0. The molecule has 19 heavy (non-hydrogen) atoms. The third kappa shape index (κ3) is 5.54. The fourth-order valence-corrected chi connectivity index (χ4v) is 2.37. The molecule has 5 nitrogen and oxygen atoms in total. The van der Waals surface area contributed by atoms with E-state index in [0.717, 1.165) is 19.4 Å². The van der Waals surface area contributed by atoms with Gasteiger partial charge in [-0.25, -0.2) is 0 Å². The van der Waals surface area contributed by atoms with Crippen LogP contribution in [-0.2, 0) is 4.79 Å². The fraction of sp³-hybridized carbons (Fsp3) is 0.846. The van der Waals surface area contributed by atoms with E-state index in [0.29, 0.717) is 31.0 Å². The van der Waals surface area contributed by atoms with Gasteiger partial charge < -0.3 is 16.0 Å². The molecule has 1 saturated carbocycles. The van der Waals surface area contributed by atoms with Crippen LogP contribution < -0.4 is 11.1 Å². The molecule has 2 rings (SSSR count). The number of aliphatic imine (C=N–C) groups is 1. The maximum Gasteiger partial charge on any atom is 0.224 e. The lowest BCUT2D eigenvalue weighted by molar-refractivity contribution is -0.134. The molecule has 0 spiro atoms. The first-order chi connectivity index (χ1) is 8.66. The highest BCUT2D eigenvalue weighted by molar-refractivity contribution is 14.0. The molecule has 1 aliphatic heterocycles. The standard InChI is InChI=1S/C13H24N4O.HI/c1-10-4-2-3-9-17(10)12(18)7-8-15-13(14)16-11-5-6-11;/h10-11H,2-9H2,1H3,(H3,14,15,16);1H. The van der Waals surface area contributed by atoms with Crippen LogP contribution in [0.5, 0.6) is 0 Å². The van der Waals surface area contributed by atoms with E-state index in [1.807, 2.05) is 4.90 Å². The molecule has 0 radical (unpaired) electrons. The predicted molar refractivity (Wildman–Crippen MR) is 87.7 cm³/mol. The quantitative estimate of drug-likeness (QED) is 0.441. The van der Waals surface area contributed by atoms with Crippen molar-refractivity contribution in [2.45, 2.75) is 57.5 Å². The first-order valence-electron chi connectivity index (χ1n) is 7.02. The molecule has 1 unspecified atom stereocenters. The van der Waals surface area contributed by atoms with E-state index >= 15 is 0 Å². The summed E-state index contributed by atoms with van der Waals surface area (Å²) in [5, 5.41) is 3.12. The van der Waals surface area contributed by atoms with E-state index in [9.17, 15) is 4.79 Å². The van der Waals surface area contributed by atoms with Gasteiger partial charge in [-0.1, -0.05) is 0 Å². The number of piperidine rings is 1. The van der Waals surface area contributed by atoms with Crippen molar-refractivity contribution in [1.29, 1.82) is 0 Å². The first-order valence-corrected chi connectivity index (χ1v) is 7.02. The van der Waals surface area contributed by atoms with Crippen LogP contribution in [0.2, 0.25) is 0 Å². The highest BCUT2D eigenvalue weighted by Gasteiger charge is 2.23. The molecule has 1 heterocycles. The second-order valence-electron chi connectivity index (χ2n) is 5.37. The highest BCUT2D eigenvalue weighted by Crippen LogP contribution is 2.18. The van der Waals surface area contributed by atoms with Crippen LogP contribution in [0.25, 0.3) is 0 Å². The van der Waals surface area contributed by atoms with Gasteiger partial charge in [0.05, 0.1) is 6.54 Å². The van der Waals surface area contributed by atoms with E-state index < -0.39 is 0 Å². The summed E-state index contributed by atoms with van der Waals surface area (Å²) in [4.78, 5) is 18.2. The average molecular weight is 380 g/mol. The zero-order valence-electron chi connectivity index (χ0n) is 11.6. The molecule has 0 aromatic rings. The van der Waals surface area contributed by atoms with Crippen molar-refractivity contribution in [2.24, 2.45) is 10.7 Å². The van der Waals surface area contributed by atoms with E-state index in [-0.39, 0.29) is 29.9 Å². The summed E-state index contributed by atoms with van der Waals surface area (Å²) in [6.07, 6.45) is 6.32. The lowest BCUT2D eigenvalue weighted by Crippen LogP contribution is -2.42. The number of hydrogen-bond donors (Lipinski definition) is 2. The Bertz CT molecular complexity index is 331. The maximum absolute atomic E-state index is 12.0. The molecule has 0 bridgehead atoms. The van der Waals surface area contributed by atoms with E-state index in [4.69, 9.17) is 5.73 Å². The summed E-state index contributed by atoms with van der Waals surface area (Å²) in [6, 6.07) is 0.906.